The second-order valence-corrected chi connectivity index (χ2v) is 22.9. The van der Waals surface area contributed by atoms with Crippen molar-refractivity contribution in [3.63, 3.8) is 0 Å². The summed E-state index contributed by atoms with van der Waals surface area (Å²) in [6, 6.07) is 5.00. The molecule has 342 valence electrons. The maximum atomic E-state index is 14.8. The Morgan fingerprint density at radius 2 is 1.76 bits per heavy atom. The van der Waals surface area contributed by atoms with Crippen molar-refractivity contribution in [2.45, 2.75) is 140 Å². The number of nitrogens with zero attached hydrogens (tertiary/aromatic N) is 3. The molecule has 5 atom stereocenters. The van der Waals surface area contributed by atoms with Crippen LogP contribution >= 0.6 is 11.3 Å². The third-order valence-electron chi connectivity index (χ3n) is 12.1. The molecule has 0 radical (unpaired) electrons. The van der Waals surface area contributed by atoms with Crippen LogP contribution in [0.4, 0.5) is 9.93 Å². The second-order valence-electron chi connectivity index (χ2n) is 19.9. The van der Waals surface area contributed by atoms with E-state index in [4.69, 9.17) is 24.2 Å². The fourth-order valence-electron chi connectivity index (χ4n) is 8.26. The van der Waals surface area contributed by atoms with Crippen LogP contribution in [0.5, 0.6) is 11.5 Å². The standard InChI is InChI=1S/C45H61N7O9S2/c1-11-27-22-45(27,39(55)51-63(57,58)44(16-17-44)21-26-12-13-26)50-37(53)34-19-29(23-52(34)38(54)36(42(4,5)6)49-41(56)61-43(7,8)9)60-35-20-32(33-24-62-40(48-33)46-25(2)3)47-31-18-28(59-10)14-15-30(31)35/h11,14-15,18,20,24-27,29,34,36H,1,12-13,16-17,19,21-23H2,2-10H3,(H,46,48)(H,49,56)(H,50,53)(H,51,55). The number of hydrogen-bond acceptors (Lipinski definition) is 13. The minimum absolute atomic E-state index is 0.00537. The van der Waals surface area contributed by atoms with Gasteiger partial charge in [0.25, 0.3) is 5.91 Å². The van der Waals surface area contributed by atoms with Gasteiger partial charge in [0.1, 0.15) is 46.5 Å². The molecular formula is C45H61N7O9S2. The van der Waals surface area contributed by atoms with Crippen LogP contribution in [0.15, 0.2) is 42.3 Å². The Labute approximate surface area is 373 Å². The van der Waals surface area contributed by atoms with Crippen LogP contribution in [0.3, 0.4) is 0 Å². The van der Waals surface area contributed by atoms with E-state index in [-0.39, 0.29) is 25.4 Å². The highest BCUT2D eigenvalue weighted by Crippen LogP contribution is 2.53. The van der Waals surface area contributed by atoms with Crippen LogP contribution in [-0.4, -0.2) is 101 Å². The van der Waals surface area contributed by atoms with Crippen LogP contribution in [-0.2, 0) is 29.1 Å². The van der Waals surface area contributed by atoms with Crippen molar-refractivity contribution >= 4 is 61.2 Å². The van der Waals surface area contributed by atoms with Gasteiger partial charge in [-0.05, 0) is 83.8 Å². The molecule has 18 heteroatoms. The summed E-state index contributed by atoms with van der Waals surface area (Å²) in [6.07, 6.45) is 3.50. The SMILES string of the molecule is C=CC1CC1(NC(=O)C1CC(Oc2cc(-c3csc(NC(C)C)n3)nc3cc(OC)ccc23)CN1C(=O)C(NC(=O)OC(C)(C)C)C(C)(C)C)C(=O)NS(=O)(=O)C1(CC2CC2)CC1. The molecule has 4 aliphatic rings. The molecule has 4 fully saturated rings. The molecule has 0 spiro atoms. The zero-order valence-corrected chi connectivity index (χ0v) is 39.3. The van der Waals surface area contributed by atoms with Crippen LogP contribution in [0, 0.1) is 17.3 Å². The lowest BCUT2D eigenvalue weighted by Gasteiger charge is -2.36. The summed E-state index contributed by atoms with van der Waals surface area (Å²) in [7, 11) is -2.48. The van der Waals surface area contributed by atoms with Gasteiger partial charge >= 0.3 is 6.09 Å². The number of benzene rings is 1. The lowest BCUT2D eigenvalue weighted by atomic mass is 9.85. The van der Waals surface area contributed by atoms with E-state index in [1.165, 1.54) is 22.3 Å². The summed E-state index contributed by atoms with van der Waals surface area (Å²) in [5, 5.41) is 12.2. The Kier molecular flexibility index (Phi) is 12.3. The first kappa shape index (κ1) is 46.0. The molecule has 1 saturated heterocycles. The normalized spacial score (nSPS) is 23.4. The van der Waals surface area contributed by atoms with Crippen molar-refractivity contribution in [2.24, 2.45) is 17.3 Å². The van der Waals surface area contributed by atoms with Crippen molar-refractivity contribution in [1.29, 1.82) is 0 Å². The number of nitrogens with one attached hydrogen (secondary N) is 4. The number of sulfonamides is 1. The number of rotatable bonds is 16. The molecule has 2 aromatic heterocycles. The zero-order valence-electron chi connectivity index (χ0n) is 37.6. The predicted octanol–water partition coefficient (Wildman–Crippen LogP) is 6.31. The molecule has 0 bridgehead atoms. The first-order valence-corrected chi connectivity index (χ1v) is 24.0. The lowest BCUT2D eigenvalue weighted by molar-refractivity contribution is -0.143. The van der Waals surface area contributed by atoms with Gasteiger partial charge in [0.2, 0.25) is 21.8 Å². The van der Waals surface area contributed by atoms with Gasteiger partial charge in [0.05, 0.1) is 29.6 Å². The van der Waals surface area contributed by atoms with Crippen LogP contribution in [0.2, 0.25) is 0 Å². The number of hydrogen-bond donors (Lipinski definition) is 4. The molecule has 4 amide bonds. The van der Waals surface area contributed by atoms with Crippen LogP contribution < -0.4 is 30.1 Å². The molecule has 3 aromatic rings. The number of carbonyl (C=O) groups is 4. The average Bonchev–Trinajstić information content (AvgIpc) is 4.16. The van der Waals surface area contributed by atoms with Gasteiger partial charge in [0, 0.05) is 41.3 Å². The highest BCUT2D eigenvalue weighted by Gasteiger charge is 2.64. The smallest absolute Gasteiger partial charge is 0.408 e. The largest absolute Gasteiger partial charge is 0.497 e. The van der Waals surface area contributed by atoms with E-state index < -0.39 is 79.2 Å². The number of aromatic nitrogens is 2. The first-order valence-electron chi connectivity index (χ1n) is 21.7. The van der Waals surface area contributed by atoms with Gasteiger partial charge < -0.3 is 35.1 Å². The number of pyridine rings is 1. The number of methoxy groups -OCH3 is 1. The maximum absolute atomic E-state index is 14.8. The topological polar surface area (TPSA) is 207 Å². The summed E-state index contributed by atoms with van der Waals surface area (Å²) in [4.78, 5) is 67.8. The zero-order chi connectivity index (χ0) is 45.9. The number of likely N-dealkylation sites (tertiary alicyclic amines) is 1. The number of carbonyl (C=O) groups excluding carboxylic acids is 4. The van der Waals surface area contributed by atoms with Crippen LogP contribution in [0.1, 0.15) is 100 Å². The lowest BCUT2D eigenvalue weighted by Crippen LogP contribution is -2.60. The molecule has 3 saturated carbocycles. The Bertz CT molecular complexity index is 2400. The van der Waals surface area contributed by atoms with Crippen LogP contribution in [0.25, 0.3) is 22.3 Å². The second kappa shape index (κ2) is 16.9. The van der Waals surface area contributed by atoms with Gasteiger partial charge in [-0.25, -0.2) is 23.2 Å². The van der Waals surface area contributed by atoms with E-state index in [0.29, 0.717) is 59.0 Å². The molecular weight excluding hydrogens is 847 g/mol. The van der Waals surface area contributed by atoms with E-state index >= 15 is 0 Å². The van der Waals surface area contributed by atoms with E-state index in [0.717, 1.165) is 18.0 Å². The number of amides is 4. The Morgan fingerprint density at radius 1 is 1.05 bits per heavy atom. The van der Waals surface area contributed by atoms with Crippen molar-refractivity contribution in [2.75, 3.05) is 19.0 Å². The monoisotopic (exact) mass is 907 g/mol. The highest BCUT2D eigenvalue weighted by atomic mass is 32.2. The Hall–Kier alpha value is -4.97. The van der Waals surface area contributed by atoms with Crippen molar-refractivity contribution < 1.29 is 41.8 Å². The van der Waals surface area contributed by atoms with Gasteiger partial charge in [-0.2, -0.15) is 0 Å². The third-order valence-corrected chi connectivity index (χ3v) is 15.0. The third kappa shape index (κ3) is 10.1. The van der Waals surface area contributed by atoms with Gasteiger partial charge in [-0.15, -0.1) is 17.9 Å². The van der Waals surface area contributed by atoms with E-state index in [2.05, 4.69) is 27.3 Å². The van der Waals surface area contributed by atoms with E-state index in [9.17, 15) is 27.6 Å². The fourth-order valence-corrected chi connectivity index (χ4v) is 10.8. The molecule has 16 nitrogen and oxygen atoms in total. The molecule has 3 aliphatic carbocycles. The molecule has 1 aromatic carbocycles. The van der Waals surface area contributed by atoms with E-state index in [1.807, 2.05) is 25.3 Å². The molecule has 63 heavy (non-hydrogen) atoms. The minimum atomic E-state index is -4.04. The quantitative estimate of drug-likeness (QED) is 0.117. The fraction of sp³-hybridized carbons (Fsp3) is 0.600. The van der Waals surface area contributed by atoms with Gasteiger partial charge in [0.15, 0.2) is 5.13 Å². The van der Waals surface area contributed by atoms with Gasteiger partial charge in [-0.3, -0.25) is 19.1 Å². The maximum Gasteiger partial charge on any atom is 0.408 e. The Morgan fingerprint density at radius 3 is 2.35 bits per heavy atom. The average molecular weight is 908 g/mol. The molecule has 3 heterocycles. The number of ether oxygens (including phenoxy) is 3. The number of anilines is 1. The minimum Gasteiger partial charge on any atom is -0.497 e. The molecule has 1 aliphatic heterocycles. The Balaban J connectivity index is 1.21. The van der Waals surface area contributed by atoms with Gasteiger partial charge in [-0.1, -0.05) is 39.7 Å². The molecule has 5 unspecified atom stereocenters. The highest BCUT2D eigenvalue weighted by molar-refractivity contribution is 7.91. The number of thiazole rings is 1. The molecule has 7 rings (SSSR count). The number of alkyl carbamates (subject to hydrolysis) is 1. The summed E-state index contributed by atoms with van der Waals surface area (Å²) < 4.78 is 46.6. The van der Waals surface area contributed by atoms with Crippen molar-refractivity contribution in [3.05, 3.63) is 42.3 Å². The summed E-state index contributed by atoms with van der Waals surface area (Å²) >= 11 is 1.44. The van der Waals surface area contributed by atoms with E-state index in [1.54, 1.807) is 66.9 Å². The van der Waals surface area contributed by atoms with Crippen molar-refractivity contribution in [3.8, 4) is 22.9 Å². The number of fused-ring (bicyclic) bond motifs is 1. The van der Waals surface area contributed by atoms with Crippen molar-refractivity contribution in [1.82, 2.24) is 30.2 Å². The predicted molar refractivity (Wildman–Crippen MR) is 241 cm³/mol. The summed E-state index contributed by atoms with van der Waals surface area (Å²) in [6.45, 7) is 18.3. The summed E-state index contributed by atoms with van der Waals surface area (Å²) in [5.41, 5.74) is -1.58. The molecule has 4 N–H and O–H groups in total. The first-order chi connectivity index (χ1) is 29.5. The summed E-state index contributed by atoms with van der Waals surface area (Å²) in [5.74, 6) is -1.27.